The molecule has 2 rings (SSSR count). The van der Waals surface area contributed by atoms with Crippen LogP contribution in [0.25, 0.3) is 0 Å². The Morgan fingerprint density at radius 2 is 1.90 bits per heavy atom. The molecule has 21 heavy (non-hydrogen) atoms. The highest BCUT2D eigenvalue weighted by Crippen LogP contribution is 2.17. The van der Waals surface area contributed by atoms with Gasteiger partial charge in [-0.15, -0.1) is 0 Å². The van der Waals surface area contributed by atoms with Crippen molar-refractivity contribution in [1.82, 2.24) is 15.0 Å². The molecule has 1 fully saturated rings. The van der Waals surface area contributed by atoms with Crippen LogP contribution in [0.4, 0.5) is 0 Å². The lowest BCUT2D eigenvalue weighted by molar-refractivity contribution is -0.137. The molecular formula is C15H26N4O2. The van der Waals surface area contributed by atoms with E-state index in [1.54, 1.807) is 0 Å². The Hall–Kier alpha value is -1.40. The van der Waals surface area contributed by atoms with Crippen LogP contribution in [0.2, 0.25) is 0 Å². The van der Waals surface area contributed by atoms with E-state index in [2.05, 4.69) is 10.1 Å². The maximum Gasteiger partial charge on any atom is 0.227 e. The molecule has 6 heteroatoms. The van der Waals surface area contributed by atoms with E-state index < -0.39 is 0 Å². The summed E-state index contributed by atoms with van der Waals surface area (Å²) < 4.78 is 5.20. The third-order valence-corrected chi connectivity index (χ3v) is 4.43. The van der Waals surface area contributed by atoms with Gasteiger partial charge in [-0.25, -0.2) is 0 Å². The maximum absolute atomic E-state index is 12.3. The Bertz CT molecular complexity index is 470. The molecule has 1 aliphatic rings. The zero-order valence-corrected chi connectivity index (χ0v) is 13.4. The molecule has 2 atom stereocenters. The lowest BCUT2D eigenvalue weighted by Gasteiger charge is -2.36. The number of hydrogen-bond acceptors (Lipinski definition) is 5. The molecule has 2 N–H and O–H groups in total. The van der Waals surface area contributed by atoms with E-state index >= 15 is 0 Å². The van der Waals surface area contributed by atoms with Crippen molar-refractivity contribution in [2.75, 3.05) is 26.2 Å². The van der Waals surface area contributed by atoms with E-state index in [1.807, 2.05) is 32.6 Å². The molecule has 1 aromatic rings. The number of carbonyl (C=O) groups is 1. The van der Waals surface area contributed by atoms with Crippen molar-refractivity contribution in [2.24, 2.45) is 11.7 Å². The number of aryl methyl sites for hydroxylation is 2. The number of nitrogens with two attached hydrogens (primary N) is 1. The van der Waals surface area contributed by atoms with Crippen molar-refractivity contribution in [1.29, 1.82) is 0 Å². The average Bonchev–Trinajstić information content (AvgIpc) is 2.78. The van der Waals surface area contributed by atoms with Gasteiger partial charge in [0.05, 0.1) is 11.6 Å². The van der Waals surface area contributed by atoms with Crippen molar-refractivity contribution in [2.45, 2.75) is 40.3 Å². The predicted molar refractivity (Wildman–Crippen MR) is 80.6 cm³/mol. The second-order valence-corrected chi connectivity index (χ2v) is 6.05. The van der Waals surface area contributed by atoms with Crippen molar-refractivity contribution < 1.29 is 9.32 Å². The van der Waals surface area contributed by atoms with Crippen molar-refractivity contribution >= 4 is 5.91 Å². The van der Waals surface area contributed by atoms with Gasteiger partial charge in [-0.3, -0.25) is 9.69 Å². The van der Waals surface area contributed by atoms with Gasteiger partial charge >= 0.3 is 0 Å². The van der Waals surface area contributed by atoms with E-state index in [1.165, 1.54) is 5.56 Å². The first-order valence-corrected chi connectivity index (χ1v) is 7.58. The maximum atomic E-state index is 12.3. The van der Waals surface area contributed by atoms with Crippen molar-refractivity contribution in [3.8, 4) is 0 Å². The lowest BCUT2D eigenvalue weighted by Crippen LogP contribution is -2.51. The lowest BCUT2D eigenvalue weighted by atomic mass is 10.0. The van der Waals surface area contributed by atoms with E-state index in [0.29, 0.717) is 0 Å². The van der Waals surface area contributed by atoms with Crippen LogP contribution in [-0.4, -0.2) is 53.1 Å². The quantitative estimate of drug-likeness (QED) is 0.893. The molecule has 2 heterocycles. The molecule has 1 amide bonds. The Balaban J connectivity index is 1.88. The number of aromatic nitrogens is 1. The molecule has 0 aliphatic carbocycles. The molecule has 0 aromatic carbocycles. The van der Waals surface area contributed by atoms with Crippen molar-refractivity contribution in [3.05, 3.63) is 17.0 Å². The third kappa shape index (κ3) is 3.63. The van der Waals surface area contributed by atoms with Crippen LogP contribution < -0.4 is 5.73 Å². The van der Waals surface area contributed by atoms with Crippen LogP contribution in [0.15, 0.2) is 4.52 Å². The second kappa shape index (κ2) is 6.58. The highest BCUT2D eigenvalue weighted by atomic mass is 16.5. The first-order valence-electron chi connectivity index (χ1n) is 7.58. The summed E-state index contributed by atoms with van der Waals surface area (Å²) in [5.41, 5.74) is 7.94. The molecule has 1 aromatic heterocycles. The fraction of sp³-hybridized carbons (Fsp3) is 0.733. The van der Waals surface area contributed by atoms with E-state index in [9.17, 15) is 4.79 Å². The van der Waals surface area contributed by atoms with Crippen LogP contribution in [0.5, 0.6) is 0 Å². The summed E-state index contributed by atoms with van der Waals surface area (Å²) in [7, 11) is 0. The van der Waals surface area contributed by atoms with Gasteiger partial charge in [0.25, 0.3) is 0 Å². The summed E-state index contributed by atoms with van der Waals surface area (Å²) >= 11 is 0. The van der Waals surface area contributed by atoms with Gasteiger partial charge in [0.15, 0.2) is 0 Å². The van der Waals surface area contributed by atoms with Crippen LogP contribution in [0, 0.1) is 19.8 Å². The van der Waals surface area contributed by atoms with Gasteiger partial charge in [0.1, 0.15) is 5.76 Å². The molecule has 2 unspecified atom stereocenters. The third-order valence-electron chi connectivity index (χ3n) is 4.43. The molecule has 1 aliphatic heterocycles. The molecular weight excluding hydrogens is 268 g/mol. The Morgan fingerprint density at radius 1 is 1.29 bits per heavy atom. The molecule has 0 bridgehead atoms. The van der Waals surface area contributed by atoms with Gasteiger partial charge in [0, 0.05) is 44.3 Å². The van der Waals surface area contributed by atoms with E-state index in [0.717, 1.165) is 44.2 Å². The number of rotatable bonds is 4. The second-order valence-electron chi connectivity index (χ2n) is 6.05. The first-order chi connectivity index (χ1) is 9.90. The van der Waals surface area contributed by atoms with E-state index in [-0.39, 0.29) is 17.9 Å². The number of piperazine rings is 1. The minimum atomic E-state index is -0.112. The highest BCUT2D eigenvalue weighted by molar-refractivity contribution is 5.79. The van der Waals surface area contributed by atoms with Gasteiger partial charge in [-0.1, -0.05) is 12.1 Å². The van der Waals surface area contributed by atoms with Crippen LogP contribution >= 0.6 is 0 Å². The number of hydrogen-bond donors (Lipinski definition) is 1. The number of amides is 1. The molecule has 0 spiro atoms. The average molecular weight is 294 g/mol. The molecule has 118 valence electrons. The summed E-state index contributed by atoms with van der Waals surface area (Å²) in [6, 6.07) is -0.0992. The van der Waals surface area contributed by atoms with Crippen LogP contribution in [0.1, 0.15) is 30.9 Å². The zero-order chi connectivity index (χ0) is 15.6. The van der Waals surface area contributed by atoms with Gasteiger partial charge in [0.2, 0.25) is 5.91 Å². The number of carbonyl (C=O) groups excluding carboxylic acids is 1. The Kier molecular flexibility index (Phi) is 5.00. The van der Waals surface area contributed by atoms with E-state index in [4.69, 9.17) is 10.3 Å². The topological polar surface area (TPSA) is 75.6 Å². The van der Waals surface area contributed by atoms with Crippen LogP contribution in [0.3, 0.4) is 0 Å². The first kappa shape index (κ1) is 16.0. The monoisotopic (exact) mass is 294 g/mol. The van der Waals surface area contributed by atoms with Gasteiger partial charge < -0.3 is 15.2 Å². The Labute approximate surface area is 126 Å². The molecule has 1 saturated heterocycles. The standard InChI is InChI=1S/C15H26N4O2/c1-10(11(2)16)15(20)19-7-5-18(6-8-19)9-14-12(3)17-21-13(14)4/h10-11H,5-9,16H2,1-4H3. The van der Waals surface area contributed by atoms with Gasteiger partial charge in [-0.05, 0) is 20.8 Å². The summed E-state index contributed by atoms with van der Waals surface area (Å²) in [4.78, 5) is 16.5. The highest BCUT2D eigenvalue weighted by Gasteiger charge is 2.27. The smallest absolute Gasteiger partial charge is 0.227 e. The summed E-state index contributed by atoms with van der Waals surface area (Å²) in [5, 5.41) is 3.99. The fourth-order valence-electron chi connectivity index (χ4n) is 2.59. The molecule has 0 saturated carbocycles. The molecule has 6 nitrogen and oxygen atoms in total. The summed E-state index contributed by atoms with van der Waals surface area (Å²) in [6.45, 7) is 11.8. The summed E-state index contributed by atoms with van der Waals surface area (Å²) in [5.74, 6) is 0.942. The Morgan fingerprint density at radius 3 is 2.38 bits per heavy atom. The van der Waals surface area contributed by atoms with Crippen LogP contribution in [-0.2, 0) is 11.3 Å². The summed E-state index contributed by atoms with van der Waals surface area (Å²) in [6.07, 6.45) is 0. The molecule has 0 radical (unpaired) electrons. The normalized spacial score (nSPS) is 19.6. The fourth-order valence-corrected chi connectivity index (χ4v) is 2.59. The van der Waals surface area contributed by atoms with Crippen molar-refractivity contribution in [3.63, 3.8) is 0 Å². The van der Waals surface area contributed by atoms with Gasteiger partial charge in [-0.2, -0.15) is 0 Å². The predicted octanol–water partition coefficient (Wildman–Crippen LogP) is 0.919. The minimum absolute atomic E-state index is 0.0992. The largest absolute Gasteiger partial charge is 0.361 e. The zero-order valence-electron chi connectivity index (χ0n) is 13.4. The SMILES string of the molecule is Cc1noc(C)c1CN1CCN(C(=O)C(C)C(C)N)CC1. The number of nitrogens with zero attached hydrogens (tertiary/aromatic N) is 3. The minimum Gasteiger partial charge on any atom is -0.361 e.